The van der Waals surface area contributed by atoms with E-state index in [9.17, 15) is 10.1 Å². The lowest BCUT2D eigenvalue weighted by atomic mass is 10.0. The molecule has 3 heteroatoms. The number of aryl methyl sites for hydroxylation is 1. The second kappa shape index (κ2) is 6.55. The quantitative estimate of drug-likeness (QED) is 0.571. The molecule has 0 spiro atoms. The molecule has 0 saturated heterocycles. The van der Waals surface area contributed by atoms with E-state index in [1.165, 1.54) is 0 Å². The third-order valence-electron chi connectivity index (χ3n) is 2.51. The number of nitrogens with zero attached hydrogens (tertiary/aromatic N) is 1. The second-order valence-electron chi connectivity index (χ2n) is 3.62. The van der Waals surface area contributed by atoms with Crippen LogP contribution in [0.3, 0.4) is 0 Å². The molecule has 0 fully saturated rings. The number of nitro groups is 1. The maximum absolute atomic E-state index is 10.8. The highest BCUT2D eigenvalue weighted by atomic mass is 16.6. The summed E-state index contributed by atoms with van der Waals surface area (Å²) in [5, 5.41) is 10.8. The van der Waals surface area contributed by atoms with Crippen molar-refractivity contribution in [3.8, 4) is 11.1 Å². The van der Waals surface area contributed by atoms with Gasteiger partial charge in [0.2, 0.25) is 0 Å². The molecule has 0 amide bonds. The molecule has 2 rings (SSSR count). The molecule has 0 radical (unpaired) electrons. The Bertz CT molecular complexity index is 521. The highest BCUT2D eigenvalue weighted by molar-refractivity contribution is 5.67. The predicted molar refractivity (Wildman–Crippen MR) is 74.6 cm³/mol. The fourth-order valence-corrected chi connectivity index (χ4v) is 1.62. The third-order valence-corrected chi connectivity index (χ3v) is 2.51. The van der Waals surface area contributed by atoms with E-state index >= 15 is 0 Å². The van der Waals surface area contributed by atoms with E-state index in [1.54, 1.807) is 19.1 Å². The van der Waals surface area contributed by atoms with Gasteiger partial charge in [-0.2, -0.15) is 0 Å². The Morgan fingerprint density at radius 2 is 1.56 bits per heavy atom. The van der Waals surface area contributed by atoms with Crippen LogP contribution in [0.5, 0.6) is 0 Å². The minimum Gasteiger partial charge on any atom is -0.258 e. The minimum atomic E-state index is -0.345. The molecule has 18 heavy (non-hydrogen) atoms. The van der Waals surface area contributed by atoms with Gasteiger partial charge in [0.1, 0.15) is 0 Å². The Hall–Kier alpha value is -2.16. The summed E-state index contributed by atoms with van der Waals surface area (Å²) in [6.07, 6.45) is 0. The first-order valence-corrected chi connectivity index (χ1v) is 5.99. The van der Waals surface area contributed by atoms with Crippen LogP contribution >= 0.6 is 0 Å². The average Bonchev–Trinajstić information content (AvgIpc) is 2.42. The van der Waals surface area contributed by atoms with Crippen molar-refractivity contribution in [2.75, 3.05) is 0 Å². The largest absolute Gasteiger partial charge is 0.272 e. The van der Waals surface area contributed by atoms with Gasteiger partial charge in [-0.05, 0) is 18.1 Å². The molecular weight excluding hydrogens is 226 g/mol. The lowest BCUT2D eigenvalue weighted by molar-refractivity contribution is -0.385. The van der Waals surface area contributed by atoms with Crippen molar-refractivity contribution in [2.45, 2.75) is 20.8 Å². The van der Waals surface area contributed by atoms with Gasteiger partial charge in [-0.25, -0.2) is 0 Å². The molecule has 0 heterocycles. The summed E-state index contributed by atoms with van der Waals surface area (Å²) in [4.78, 5) is 10.5. The molecule has 0 N–H and O–H groups in total. The zero-order valence-corrected chi connectivity index (χ0v) is 10.9. The van der Waals surface area contributed by atoms with Crippen LogP contribution < -0.4 is 0 Å². The van der Waals surface area contributed by atoms with Crippen molar-refractivity contribution >= 4 is 5.69 Å². The Morgan fingerprint density at radius 1 is 0.944 bits per heavy atom. The smallest absolute Gasteiger partial charge is 0.258 e. The first-order chi connectivity index (χ1) is 8.68. The lowest BCUT2D eigenvalue weighted by Crippen LogP contribution is -1.91. The third kappa shape index (κ3) is 3.17. The van der Waals surface area contributed by atoms with E-state index in [-0.39, 0.29) is 10.6 Å². The number of benzene rings is 2. The first-order valence-electron chi connectivity index (χ1n) is 5.99. The van der Waals surface area contributed by atoms with Gasteiger partial charge in [0.05, 0.1) is 4.92 Å². The molecule has 0 atom stereocenters. The van der Waals surface area contributed by atoms with E-state index in [0.717, 1.165) is 11.1 Å². The Morgan fingerprint density at radius 3 is 2.11 bits per heavy atom. The van der Waals surface area contributed by atoms with E-state index in [2.05, 4.69) is 0 Å². The van der Waals surface area contributed by atoms with Crippen molar-refractivity contribution in [3.05, 3.63) is 64.2 Å². The zero-order chi connectivity index (χ0) is 13.5. The summed E-state index contributed by atoms with van der Waals surface area (Å²) in [6.45, 7) is 5.74. The van der Waals surface area contributed by atoms with Crippen molar-refractivity contribution in [1.29, 1.82) is 0 Å². The van der Waals surface area contributed by atoms with Crippen LogP contribution in [-0.4, -0.2) is 4.92 Å². The van der Waals surface area contributed by atoms with E-state index < -0.39 is 0 Å². The van der Waals surface area contributed by atoms with E-state index in [4.69, 9.17) is 0 Å². The lowest BCUT2D eigenvalue weighted by Gasteiger charge is -2.02. The van der Waals surface area contributed by atoms with Gasteiger partial charge in [-0.1, -0.05) is 56.3 Å². The van der Waals surface area contributed by atoms with Crippen LogP contribution in [0.15, 0.2) is 48.5 Å². The number of hydrogen-bond acceptors (Lipinski definition) is 2. The topological polar surface area (TPSA) is 43.1 Å². The van der Waals surface area contributed by atoms with Crippen LogP contribution in [0.1, 0.15) is 19.4 Å². The van der Waals surface area contributed by atoms with Crippen molar-refractivity contribution in [2.24, 2.45) is 0 Å². The van der Waals surface area contributed by atoms with Crippen LogP contribution in [0.2, 0.25) is 0 Å². The molecule has 2 aromatic rings. The summed E-state index contributed by atoms with van der Waals surface area (Å²) in [6, 6.07) is 14.9. The molecule has 0 unspecified atom stereocenters. The van der Waals surface area contributed by atoms with Gasteiger partial charge in [-0.3, -0.25) is 10.1 Å². The fraction of sp³-hybridized carbons (Fsp3) is 0.200. The fourth-order valence-electron chi connectivity index (χ4n) is 1.62. The summed E-state index contributed by atoms with van der Waals surface area (Å²) >= 11 is 0. The Kier molecular flexibility index (Phi) is 5.06. The molecule has 0 aromatic heterocycles. The van der Waals surface area contributed by atoms with Gasteiger partial charge < -0.3 is 0 Å². The monoisotopic (exact) mass is 243 g/mol. The highest BCUT2D eigenvalue weighted by Crippen LogP contribution is 2.26. The van der Waals surface area contributed by atoms with Gasteiger partial charge in [0, 0.05) is 11.6 Å². The molecule has 0 aliphatic rings. The van der Waals surface area contributed by atoms with Crippen LogP contribution in [0, 0.1) is 17.0 Å². The van der Waals surface area contributed by atoms with Crippen LogP contribution in [-0.2, 0) is 0 Å². The van der Waals surface area contributed by atoms with E-state index in [0.29, 0.717) is 5.56 Å². The zero-order valence-electron chi connectivity index (χ0n) is 10.9. The molecule has 0 aliphatic carbocycles. The van der Waals surface area contributed by atoms with Gasteiger partial charge in [0.25, 0.3) is 5.69 Å². The number of nitro benzene ring substituents is 1. The highest BCUT2D eigenvalue weighted by Gasteiger charge is 2.11. The molecule has 94 valence electrons. The Balaban J connectivity index is 0.000000771. The van der Waals surface area contributed by atoms with Crippen molar-refractivity contribution in [3.63, 3.8) is 0 Å². The summed E-state index contributed by atoms with van der Waals surface area (Å²) in [5.41, 5.74) is 2.72. The summed E-state index contributed by atoms with van der Waals surface area (Å²) in [7, 11) is 0. The average molecular weight is 243 g/mol. The molecule has 3 nitrogen and oxygen atoms in total. The molecule has 0 bridgehead atoms. The summed E-state index contributed by atoms with van der Waals surface area (Å²) in [5.74, 6) is 0. The SMILES string of the molecule is CC.Cc1ccc(-c2ccccc2)cc1[N+](=O)[O-]. The Labute approximate surface area is 107 Å². The van der Waals surface area contributed by atoms with Gasteiger partial charge in [-0.15, -0.1) is 0 Å². The molecular formula is C15H17NO2. The van der Waals surface area contributed by atoms with Crippen molar-refractivity contribution < 1.29 is 4.92 Å². The molecule has 0 aliphatic heterocycles. The van der Waals surface area contributed by atoms with Gasteiger partial charge in [0.15, 0.2) is 0 Å². The molecule has 2 aromatic carbocycles. The van der Waals surface area contributed by atoms with Crippen LogP contribution in [0.4, 0.5) is 5.69 Å². The molecule has 0 saturated carbocycles. The first kappa shape index (κ1) is 13.9. The normalized spacial score (nSPS) is 9.28. The van der Waals surface area contributed by atoms with E-state index in [1.807, 2.05) is 50.2 Å². The standard InChI is InChI=1S/C13H11NO2.C2H6/c1-10-7-8-12(9-13(10)14(15)16)11-5-3-2-4-6-11;1-2/h2-9H,1H3;1-2H3. The van der Waals surface area contributed by atoms with Crippen molar-refractivity contribution in [1.82, 2.24) is 0 Å². The maximum atomic E-state index is 10.8. The van der Waals surface area contributed by atoms with Gasteiger partial charge >= 0.3 is 0 Å². The maximum Gasteiger partial charge on any atom is 0.272 e. The second-order valence-corrected chi connectivity index (χ2v) is 3.62. The number of rotatable bonds is 2. The van der Waals surface area contributed by atoms with Crippen LogP contribution in [0.25, 0.3) is 11.1 Å². The predicted octanol–water partition coefficient (Wildman–Crippen LogP) is 4.60. The number of hydrogen-bond donors (Lipinski definition) is 0. The summed E-state index contributed by atoms with van der Waals surface area (Å²) < 4.78 is 0. The minimum absolute atomic E-state index is 0.168.